The van der Waals surface area contributed by atoms with E-state index in [1.165, 1.54) is 11.1 Å². The highest BCUT2D eigenvalue weighted by atomic mass is 127. The van der Waals surface area contributed by atoms with E-state index < -0.39 is 28.3 Å². The molecule has 0 saturated heterocycles. The Hall–Kier alpha value is 0.741. The first kappa shape index (κ1) is 19.7. The van der Waals surface area contributed by atoms with Crippen LogP contribution in [-0.4, -0.2) is 39.9 Å². The van der Waals surface area contributed by atoms with E-state index in [0.29, 0.717) is 0 Å². The summed E-state index contributed by atoms with van der Waals surface area (Å²) in [6.07, 6.45) is 1.10. The molecule has 0 aliphatic rings. The Morgan fingerprint density at radius 2 is 1.53 bits per heavy atom. The highest BCUT2D eigenvalue weighted by molar-refractivity contribution is 14.1. The summed E-state index contributed by atoms with van der Waals surface area (Å²) in [6.45, 7) is 8.43. The molecule has 0 aromatic carbocycles. The Morgan fingerprint density at radius 1 is 1.05 bits per heavy atom. The Kier molecular flexibility index (Phi) is 11.9. The Labute approximate surface area is 137 Å². The van der Waals surface area contributed by atoms with E-state index in [1.807, 2.05) is 0 Å². The van der Waals surface area contributed by atoms with Gasteiger partial charge in [0.15, 0.2) is 19.5 Å². The van der Waals surface area contributed by atoms with Crippen LogP contribution >= 0.6 is 22.6 Å². The quantitative estimate of drug-likeness (QED) is 0.303. The zero-order chi connectivity index (χ0) is 14.7. The molecule has 19 heavy (non-hydrogen) atoms. The molecule has 0 N–H and O–H groups in total. The molecule has 0 fully saturated rings. The monoisotopic (exact) mass is 430 g/mol. The molecular formula is C12H27IO3Si3. The van der Waals surface area contributed by atoms with Gasteiger partial charge in [0.2, 0.25) is 0 Å². The van der Waals surface area contributed by atoms with Crippen LogP contribution in [0.25, 0.3) is 0 Å². The van der Waals surface area contributed by atoms with Gasteiger partial charge in [-0.25, -0.2) is 0 Å². The smallest absolute Gasteiger partial charge is 0.418 e. The van der Waals surface area contributed by atoms with Crippen molar-refractivity contribution in [2.24, 2.45) is 0 Å². The minimum Gasteiger partial charge on any atom is -0.418 e. The maximum atomic E-state index is 6.13. The summed E-state index contributed by atoms with van der Waals surface area (Å²) in [6, 6.07) is 0.944. The molecule has 0 rings (SSSR count). The van der Waals surface area contributed by atoms with Gasteiger partial charge in [-0.2, -0.15) is 0 Å². The molecule has 7 heteroatoms. The molecule has 0 aliphatic carbocycles. The molecule has 3 nitrogen and oxygen atoms in total. The first-order valence-corrected chi connectivity index (χ1v) is 12.9. The number of allylic oxidation sites excluding steroid dienone is 2. The second kappa shape index (κ2) is 11.4. The van der Waals surface area contributed by atoms with E-state index in [9.17, 15) is 0 Å². The fourth-order valence-corrected chi connectivity index (χ4v) is 9.82. The van der Waals surface area contributed by atoms with Gasteiger partial charge in [0, 0.05) is 13.2 Å². The van der Waals surface area contributed by atoms with Gasteiger partial charge in [-0.1, -0.05) is 45.1 Å². The summed E-state index contributed by atoms with van der Waals surface area (Å²) in [5, 5.41) is 0. The van der Waals surface area contributed by atoms with E-state index in [4.69, 9.17) is 12.7 Å². The average Bonchev–Trinajstić information content (AvgIpc) is 2.34. The topological polar surface area (TPSA) is 27.7 Å². The highest BCUT2D eigenvalue weighted by Crippen LogP contribution is 2.17. The van der Waals surface area contributed by atoms with Gasteiger partial charge in [-0.3, -0.25) is 0 Å². The van der Waals surface area contributed by atoms with Gasteiger partial charge < -0.3 is 12.7 Å². The zero-order valence-electron chi connectivity index (χ0n) is 12.8. The molecule has 0 saturated carbocycles. The lowest BCUT2D eigenvalue weighted by Crippen LogP contribution is -2.46. The van der Waals surface area contributed by atoms with Crippen LogP contribution in [0.1, 0.15) is 34.1 Å². The van der Waals surface area contributed by atoms with Gasteiger partial charge >= 0.3 is 8.80 Å². The van der Waals surface area contributed by atoms with Crippen molar-refractivity contribution in [2.75, 3.05) is 11.5 Å². The lowest BCUT2D eigenvalue weighted by Gasteiger charge is -2.28. The predicted molar refractivity (Wildman–Crippen MR) is 99.2 cm³/mol. The van der Waals surface area contributed by atoms with Crippen molar-refractivity contribution in [3.8, 4) is 0 Å². The number of hydrogen-bond donors (Lipinski definition) is 0. The molecule has 0 amide bonds. The number of alkyl halides is 1. The SMILES string of the molecule is CO[Si](CCCI)(O[SiH2]C=C(C)C)O[SiH2]C=C(C)C. The third-order valence-corrected chi connectivity index (χ3v) is 11.7. The molecule has 0 heterocycles. The van der Waals surface area contributed by atoms with Crippen molar-refractivity contribution < 1.29 is 12.7 Å². The molecule has 0 radical (unpaired) electrons. The van der Waals surface area contributed by atoms with Gasteiger partial charge in [0.1, 0.15) is 0 Å². The van der Waals surface area contributed by atoms with E-state index in [0.717, 1.165) is 16.9 Å². The van der Waals surface area contributed by atoms with Crippen LogP contribution in [0.5, 0.6) is 0 Å². The largest absolute Gasteiger partial charge is 0.479 e. The van der Waals surface area contributed by atoms with Gasteiger partial charge in [-0.05, 0) is 38.5 Å². The maximum absolute atomic E-state index is 6.13. The third-order valence-electron chi connectivity index (χ3n) is 2.52. The Balaban J connectivity index is 4.56. The van der Waals surface area contributed by atoms with Crippen LogP contribution in [0, 0.1) is 0 Å². The lowest BCUT2D eigenvalue weighted by atomic mass is 10.4. The lowest BCUT2D eigenvalue weighted by molar-refractivity contribution is 0.214. The summed E-state index contributed by atoms with van der Waals surface area (Å²) in [7, 11) is -2.01. The summed E-state index contributed by atoms with van der Waals surface area (Å²) in [5.41, 5.74) is 7.08. The van der Waals surface area contributed by atoms with Crippen molar-refractivity contribution in [3.05, 3.63) is 22.5 Å². The fourth-order valence-electron chi connectivity index (χ4n) is 1.36. The predicted octanol–water partition coefficient (Wildman–Crippen LogP) is 2.45. The van der Waals surface area contributed by atoms with E-state index in [1.54, 1.807) is 7.11 Å². The molecule has 112 valence electrons. The van der Waals surface area contributed by atoms with E-state index in [2.05, 4.69) is 61.7 Å². The van der Waals surface area contributed by atoms with Gasteiger partial charge in [-0.15, -0.1) is 0 Å². The third kappa shape index (κ3) is 10.2. The van der Waals surface area contributed by atoms with Crippen molar-refractivity contribution in [1.29, 1.82) is 0 Å². The molecule has 0 unspecified atom stereocenters. The number of rotatable bonds is 10. The van der Waals surface area contributed by atoms with Gasteiger partial charge in [0.05, 0.1) is 0 Å². The Morgan fingerprint density at radius 3 is 1.84 bits per heavy atom. The summed E-state index contributed by atoms with van der Waals surface area (Å²) in [4.78, 5) is 0. The first-order chi connectivity index (χ1) is 8.95. The maximum Gasteiger partial charge on any atom is 0.479 e. The minimum absolute atomic E-state index is 0.678. The highest BCUT2D eigenvalue weighted by Gasteiger charge is 2.37. The standard InChI is InChI=1S/C12H27IO3Si3/c1-11(2)9-17-15-19(14-5,8-6-7-13)16-18-10-12(3)4/h9-10H,6-8,17-18H2,1-5H3. The molecular weight excluding hydrogens is 403 g/mol. The van der Waals surface area contributed by atoms with Crippen LogP contribution < -0.4 is 0 Å². The normalized spacial score (nSPS) is 15.1. The molecule has 0 bridgehead atoms. The van der Waals surface area contributed by atoms with Crippen LogP contribution in [-0.2, 0) is 12.7 Å². The van der Waals surface area contributed by atoms with Crippen LogP contribution in [0.2, 0.25) is 6.04 Å². The van der Waals surface area contributed by atoms with Crippen LogP contribution in [0.4, 0.5) is 0 Å². The summed E-state index contributed by atoms with van der Waals surface area (Å²) in [5.74, 6) is 0. The van der Waals surface area contributed by atoms with E-state index in [-0.39, 0.29) is 0 Å². The number of hydrogen-bond acceptors (Lipinski definition) is 3. The molecule has 0 aromatic heterocycles. The minimum atomic E-state index is -2.39. The van der Waals surface area contributed by atoms with Crippen LogP contribution in [0.3, 0.4) is 0 Å². The molecule has 0 aliphatic heterocycles. The first-order valence-electron chi connectivity index (χ1n) is 6.61. The van der Waals surface area contributed by atoms with Crippen molar-refractivity contribution in [2.45, 2.75) is 40.2 Å². The van der Waals surface area contributed by atoms with Crippen molar-refractivity contribution in [1.82, 2.24) is 0 Å². The molecule has 0 aromatic rings. The van der Waals surface area contributed by atoms with Gasteiger partial charge in [0.25, 0.3) is 0 Å². The molecule has 0 atom stereocenters. The summed E-state index contributed by atoms with van der Waals surface area (Å²) < 4.78 is 19.1. The second-order valence-corrected chi connectivity index (χ2v) is 12.0. The fraction of sp³-hybridized carbons (Fsp3) is 0.667. The van der Waals surface area contributed by atoms with Crippen molar-refractivity contribution >= 4 is 50.9 Å². The zero-order valence-corrected chi connectivity index (χ0v) is 18.8. The van der Waals surface area contributed by atoms with Crippen LogP contribution in [0.15, 0.2) is 22.5 Å². The van der Waals surface area contributed by atoms with Crippen molar-refractivity contribution in [3.63, 3.8) is 0 Å². The van der Waals surface area contributed by atoms with E-state index >= 15 is 0 Å². The summed E-state index contributed by atoms with van der Waals surface area (Å²) >= 11 is 2.39. The second-order valence-electron chi connectivity index (χ2n) is 4.86. The number of halogens is 1. The molecule has 0 spiro atoms. The average molecular weight is 431 g/mol. The Bertz CT molecular complexity index is 279.